The molecule has 0 amide bonds. The minimum absolute atomic E-state index is 0.311. The standard InChI is InChI=1S/C14H23N5S/c1-9(2)19-5-4-11(8-19)7-16-14-17-10(3)6-12(18-14)13(15)20/h6,9,11H,4-5,7-8H2,1-3H3,(H2,15,20)(H,16,17,18). The Morgan fingerprint density at radius 2 is 2.30 bits per heavy atom. The zero-order valence-electron chi connectivity index (χ0n) is 12.4. The van der Waals surface area contributed by atoms with Gasteiger partial charge in [-0.1, -0.05) is 12.2 Å². The topological polar surface area (TPSA) is 67.1 Å². The van der Waals surface area contributed by atoms with Crippen molar-refractivity contribution in [2.45, 2.75) is 33.2 Å². The molecule has 2 heterocycles. The number of hydrogen-bond donors (Lipinski definition) is 2. The lowest BCUT2D eigenvalue weighted by Gasteiger charge is -2.20. The fourth-order valence-corrected chi connectivity index (χ4v) is 2.61. The first kappa shape index (κ1) is 15.1. The lowest BCUT2D eigenvalue weighted by atomic mass is 10.1. The fraction of sp³-hybridized carbons (Fsp3) is 0.643. The summed E-state index contributed by atoms with van der Waals surface area (Å²) in [5.41, 5.74) is 7.13. The molecule has 1 fully saturated rings. The lowest BCUT2D eigenvalue weighted by molar-refractivity contribution is 0.266. The minimum Gasteiger partial charge on any atom is -0.388 e. The summed E-state index contributed by atoms with van der Waals surface area (Å²) in [5, 5.41) is 3.32. The molecule has 0 aromatic carbocycles. The van der Waals surface area contributed by atoms with Crippen LogP contribution in [0.2, 0.25) is 0 Å². The van der Waals surface area contributed by atoms with Crippen LogP contribution < -0.4 is 11.1 Å². The van der Waals surface area contributed by atoms with E-state index in [-0.39, 0.29) is 0 Å². The second-order valence-corrected chi connectivity index (χ2v) is 6.15. The van der Waals surface area contributed by atoms with Gasteiger partial charge in [0.05, 0.1) is 0 Å². The molecule has 1 saturated heterocycles. The Bertz CT molecular complexity index is 488. The molecule has 1 atom stereocenters. The highest BCUT2D eigenvalue weighted by atomic mass is 32.1. The zero-order valence-corrected chi connectivity index (χ0v) is 13.2. The summed E-state index contributed by atoms with van der Waals surface area (Å²) in [6.07, 6.45) is 1.22. The van der Waals surface area contributed by atoms with Crippen LogP contribution in [0, 0.1) is 12.8 Å². The van der Waals surface area contributed by atoms with Crippen molar-refractivity contribution in [2.75, 3.05) is 25.0 Å². The highest BCUT2D eigenvalue weighted by Crippen LogP contribution is 2.18. The Morgan fingerprint density at radius 3 is 2.90 bits per heavy atom. The van der Waals surface area contributed by atoms with Crippen molar-refractivity contribution in [2.24, 2.45) is 11.7 Å². The number of thiocarbonyl (C=S) groups is 1. The summed E-state index contributed by atoms with van der Waals surface area (Å²) in [6, 6.07) is 2.43. The van der Waals surface area contributed by atoms with Crippen molar-refractivity contribution in [3.8, 4) is 0 Å². The van der Waals surface area contributed by atoms with Gasteiger partial charge in [-0.25, -0.2) is 9.97 Å². The molecule has 1 aliphatic heterocycles. The molecule has 1 aliphatic rings. The predicted octanol–water partition coefficient (Wildman–Crippen LogP) is 1.56. The predicted molar refractivity (Wildman–Crippen MR) is 86.0 cm³/mol. The van der Waals surface area contributed by atoms with E-state index >= 15 is 0 Å². The molecule has 1 unspecified atom stereocenters. The second-order valence-electron chi connectivity index (χ2n) is 5.71. The van der Waals surface area contributed by atoms with Gasteiger partial charge in [0.1, 0.15) is 10.7 Å². The number of rotatable bonds is 5. The zero-order chi connectivity index (χ0) is 14.7. The summed E-state index contributed by atoms with van der Waals surface area (Å²) < 4.78 is 0. The van der Waals surface area contributed by atoms with E-state index in [1.165, 1.54) is 13.0 Å². The van der Waals surface area contributed by atoms with Crippen LogP contribution in [0.1, 0.15) is 31.7 Å². The second kappa shape index (κ2) is 6.45. The molecule has 6 heteroatoms. The van der Waals surface area contributed by atoms with Crippen LogP contribution in [0.5, 0.6) is 0 Å². The van der Waals surface area contributed by atoms with Crippen molar-refractivity contribution in [1.82, 2.24) is 14.9 Å². The van der Waals surface area contributed by atoms with E-state index in [9.17, 15) is 0 Å². The van der Waals surface area contributed by atoms with E-state index in [0.717, 1.165) is 18.8 Å². The van der Waals surface area contributed by atoms with Gasteiger partial charge in [-0.05, 0) is 45.7 Å². The number of hydrogen-bond acceptors (Lipinski definition) is 5. The van der Waals surface area contributed by atoms with E-state index in [1.807, 2.05) is 13.0 Å². The van der Waals surface area contributed by atoms with Gasteiger partial charge < -0.3 is 16.0 Å². The summed E-state index contributed by atoms with van der Waals surface area (Å²) in [7, 11) is 0. The number of nitrogens with two attached hydrogens (primary N) is 1. The number of likely N-dealkylation sites (tertiary alicyclic amines) is 1. The van der Waals surface area contributed by atoms with E-state index in [4.69, 9.17) is 18.0 Å². The monoisotopic (exact) mass is 293 g/mol. The number of aryl methyl sites for hydroxylation is 1. The van der Waals surface area contributed by atoms with Gasteiger partial charge in [0.25, 0.3) is 0 Å². The molecule has 1 aromatic heterocycles. The van der Waals surface area contributed by atoms with Crippen LogP contribution in [0.4, 0.5) is 5.95 Å². The van der Waals surface area contributed by atoms with Gasteiger partial charge in [0.2, 0.25) is 5.95 Å². The van der Waals surface area contributed by atoms with E-state index in [2.05, 4.69) is 34.0 Å². The Kier molecular flexibility index (Phi) is 4.88. The Labute approximate surface area is 126 Å². The highest BCUT2D eigenvalue weighted by Gasteiger charge is 2.24. The van der Waals surface area contributed by atoms with Crippen molar-refractivity contribution in [3.63, 3.8) is 0 Å². The Morgan fingerprint density at radius 1 is 1.55 bits per heavy atom. The van der Waals surface area contributed by atoms with E-state index in [0.29, 0.717) is 28.6 Å². The van der Waals surface area contributed by atoms with Crippen LogP contribution in [0.3, 0.4) is 0 Å². The van der Waals surface area contributed by atoms with Gasteiger partial charge >= 0.3 is 0 Å². The molecular weight excluding hydrogens is 270 g/mol. The molecule has 0 saturated carbocycles. The smallest absolute Gasteiger partial charge is 0.223 e. The van der Waals surface area contributed by atoms with Gasteiger partial charge in [-0.15, -0.1) is 0 Å². The molecule has 110 valence electrons. The van der Waals surface area contributed by atoms with Crippen molar-refractivity contribution in [3.05, 3.63) is 17.5 Å². The molecule has 1 aromatic rings. The normalized spacial score (nSPS) is 19.5. The maximum Gasteiger partial charge on any atom is 0.223 e. The molecule has 5 nitrogen and oxygen atoms in total. The summed E-state index contributed by atoms with van der Waals surface area (Å²) in [5.74, 6) is 1.27. The lowest BCUT2D eigenvalue weighted by Crippen LogP contribution is -2.29. The van der Waals surface area contributed by atoms with Crippen LogP contribution in [0.25, 0.3) is 0 Å². The van der Waals surface area contributed by atoms with Gasteiger partial charge in [-0.2, -0.15) is 0 Å². The maximum absolute atomic E-state index is 5.63. The van der Waals surface area contributed by atoms with E-state index < -0.39 is 0 Å². The van der Waals surface area contributed by atoms with Crippen molar-refractivity contribution >= 4 is 23.2 Å². The third-order valence-corrected chi connectivity index (χ3v) is 3.91. The first-order valence-corrected chi connectivity index (χ1v) is 7.50. The van der Waals surface area contributed by atoms with Gasteiger partial charge in [0, 0.05) is 24.8 Å². The third kappa shape index (κ3) is 3.86. The molecule has 0 spiro atoms. The minimum atomic E-state index is 0.311. The number of nitrogens with zero attached hydrogens (tertiary/aromatic N) is 3. The average Bonchev–Trinajstić information content (AvgIpc) is 2.84. The molecule has 20 heavy (non-hydrogen) atoms. The molecule has 0 bridgehead atoms. The van der Waals surface area contributed by atoms with Crippen LogP contribution in [-0.2, 0) is 0 Å². The van der Waals surface area contributed by atoms with Crippen LogP contribution in [-0.4, -0.2) is 45.5 Å². The van der Waals surface area contributed by atoms with Crippen molar-refractivity contribution in [1.29, 1.82) is 0 Å². The third-order valence-electron chi connectivity index (χ3n) is 3.70. The van der Waals surface area contributed by atoms with E-state index in [1.54, 1.807) is 0 Å². The fourth-order valence-electron chi connectivity index (χ4n) is 2.51. The number of aromatic nitrogens is 2. The van der Waals surface area contributed by atoms with Gasteiger partial charge in [0.15, 0.2) is 0 Å². The molecule has 0 aliphatic carbocycles. The molecular formula is C14H23N5S. The average molecular weight is 293 g/mol. The van der Waals surface area contributed by atoms with Crippen LogP contribution >= 0.6 is 12.2 Å². The molecule has 0 radical (unpaired) electrons. The molecule has 3 N–H and O–H groups in total. The maximum atomic E-state index is 5.63. The van der Waals surface area contributed by atoms with Gasteiger partial charge in [-0.3, -0.25) is 0 Å². The number of nitrogens with one attached hydrogen (secondary N) is 1. The first-order valence-electron chi connectivity index (χ1n) is 7.09. The Balaban J connectivity index is 1.93. The molecule has 2 rings (SSSR count). The summed E-state index contributed by atoms with van der Waals surface area (Å²) >= 11 is 4.97. The summed E-state index contributed by atoms with van der Waals surface area (Å²) in [4.78, 5) is 11.5. The highest BCUT2D eigenvalue weighted by molar-refractivity contribution is 7.80. The van der Waals surface area contributed by atoms with Crippen LogP contribution in [0.15, 0.2) is 6.07 Å². The number of anilines is 1. The first-order chi connectivity index (χ1) is 9.45. The van der Waals surface area contributed by atoms with Crippen molar-refractivity contribution < 1.29 is 0 Å². The summed E-state index contributed by atoms with van der Waals surface area (Å²) in [6.45, 7) is 9.62. The largest absolute Gasteiger partial charge is 0.388 e. The SMILES string of the molecule is Cc1cc(C(N)=S)nc(NCC2CCN(C(C)C)C2)n1. The Hall–Kier alpha value is -1.27. The quantitative estimate of drug-likeness (QED) is 0.803.